The second kappa shape index (κ2) is 6.23. The number of halogens is 2. The highest BCUT2D eigenvalue weighted by Crippen LogP contribution is 2.24. The molecule has 3 rings (SSSR count). The predicted molar refractivity (Wildman–Crippen MR) is 83.0 cm³/mol. The van der Waals surface area contributed by atoms with E-state index in [0.29, 0.717) is 12.4 Å². The molecule has 0 unspecified atom stereocenters. The molecule has 0 bridgehead atoms. The fraction of sp³-hybridized carbons (Fsp3) is 0.133. The van der Waals surface area contributed by atoms with E-state index in [1.54, 1.807) is 12.1 Å². The molecule has 0 aliphatic heterocycles. The Morgan fingerprint density at radius 1 is 1.23 bits per heavy atom. The minimum Gasteiger partial charge on any atom is -0.494 e. The van der Waals surface area contributed by atoms with Gasteiger partial charge in [-0.15, -0.1) is 10.2 Å². The molecule has 0 atom stereocenters. The van der Waals surface area contributed by atoms with Crippen LogP contribution in [0.15, 0.2) is 46.9 Å². The lowest BCUT2D eigenvalue weighted by Gasteiger charge is -2.04. The van der Waals surface area contributed by atoms with Crippen molar-refractivity contribution >= 4 is 15.9 Å². The Kier molecular flexibility index (Phi) is 4.15. The van der Waals surface area contributed by atoms with E-state index in [1.807, 2.05) is 24.3 Å². The third-order valence-corrected chi connectivity index (χ3v) is 3.80. The van der Waals surface area contributed by atoms with Crippen LogP contribution in [0.3, 0.4) is 0 Å². The second-order valence-corrected chi connectivity index (χ2v) is 5.45. The van der Waals surface area contributed by atoms with E-state index in [9.17, 15) is 4.39 Å². The van der Waals surface area contributed by atoms with Gasteiger partial charge in [-0.25, -0.2) is 4.39 Å². The first-order valence-electron chi connectivity index (χ1n) is 6.52. The summed E-state index contributed by atoms with van der Waals surface area (Å²) >= 11 is 3.45. The lowest BCUT2D eigenvalue weighted by atomic mass is 10.2. The number of hydrogen-bond donors (Lipinski definition) is 0. The molecule has 7 heteroatoms. The van der Waals surface area contributed by atoms with Crippen LogP contribution in [-0.2, 0) is 6.54 Å². The van der Waals surface area contributed by atoms with Gasteiger partial charge in [0.05, 0.1) is 13.7 Å². The fourth-order valence-electron chi connectivity index (χ4n) is 2.03. The van der Waals surface area contributed by atoms with E-state index < -0.39 is 5.82 Å². The third kappa shape index (κ3) is 2.99. The van der Waals surface area contributed by atoms with Gasteiger partial charge < -0.3 is 4.74 Å². The summed E-state index contributed by atoms with van der Waals surface area (Å²) in [5, 5.41) is 12.4. The zero-order valence-corrected chi connectivity index (χ0v) is 13.3. The first-order chi connectivity index (χ1) is 10.7. The van der Waals surface area contributed by atoms with Crippen LogP contribution < -0.4 is 4.74 Å². The maximum absolute atomic E-state index is 13.7. The van der Waals surface area contributed by atoms with Crippen LogP contribution in [0.1, 0.15) is 5.56 Å². The summed E-state index contributed by atoms with van der Waals surface area (Å²) < 4.78 is 19.5. The van der Waals surface area contributed by atoms with Crippen LogP contribution in [0, 0.1) is 5.82 Å². The van der Waals surface area contributed by atoms with Crippen molar-refractivity contribution < 1.29 is 9.13 Å². The zero-order chi connectivity index (χ0) is 15.5. The van der Waals surface area contributed by atoms with Gasteiger partial charge in [0.25, 0.3) is 0 Å². The second-order valence-electron chi connectivity index (χ2n) is 4.59. The topological polar surface area (TPSA) is 52.8 Å². The molecule has 3 aromatic rings. The molecule has 0 aliphatic carbocycles. The number of rotatable bonds is 4. The zero-order valence-electron chi connectivity index (χ0n) is 11.7. The molecular formula is C15H12BrFN4O. The molecule has 1 aromatic heterocycles. The molecule has 112 valence electrons. The lowest BCUT2D eigenvalue weighted by molar-refractivity contribution is 0.386. The van der Waals surface area contributed by atoms with E-state index in [0.717, 1.165) is 15.6 Å². The summed E-state index contributed by atoms with van der Waals surface area (Å²) in [6, 6.07) is 12.4. The number of benzene rings is 2. The molecule has 5 nitrogen and oxygen atoms in total. The van der Waals surface area contributed by atoms with Gasteiger partial charge in [0.15, 0.2) is 11.6 Å². The summed E-state index contributed by atoms with van der Waals surface area (Å²) in [6.07, 6.45) is 0. The summed E-state index contributed by atoms with van der Waals surface area (Å²) in [7, 11) is 1.43. The van der Waals surface area contributed by atoms with Gasteiger partial charge in [-0.1, -0.05) is 34.1 Å². The molecular weight excluding hydrogens is 351 g/mol. The van der Waals surface area contributed by atoms with Gasteiger partial charge >= 0.3 is 0 Å². The number of tetrazole rings is 1. The smallest absolute Gasteiger partial charge is 0.206 e. The van der Waals surface area contributed by atoms with Gasteiger partial charge in [0.1, 0.15) is 0 Å². The minimum absolute atomic E-state index is 0.212. The maximum atomic E-state index is 13.7. The van der Waals surface area contributed by atoms with Gasteiger partial charge in [0.2, 0.25) is 5.82 Å². The molecule has 0 spiro atoms. The van der Waals surface area contributed by atoms with Crippen molar-refractivity contribution in [1.29, 1.82) is 0 Å². The largest absolute Gasteiger partial charge is 0.494 e. The lowest BCUT2D eigenvalue weighted by Crippen LogP contribution is -2.04. The Bertz CT molecular complexity index is 806. The van der Waals surface area contributed by atoms with Crippen LogP contribution in [0.5, 0.6) is 5.75 Å². The van der Waals surface area contributed by atoms with Crippen molar-refractivity contribution in [2.75, 3.05) is 7.11 Å². The number of aromatic nitrogens is 4. The van der Waals surface area contributed by atoms with Crippen molar-refractivity contribution in [3.8, 4) is 17.1 Å². The standard InChI is InChI=1S/C15H12BrFN4O/c1-22-14-7-6-10(8-13(14)17)9-21-19-15(18-20-21)11-4-2-3-5-12(11)16/h2-8H,9H2,1H3. The van der Waals surface area contributed by atoms with Crippen molar-refractivity contribution in [2.45, 2.75) is 6.54 Å². The highest BCUT2D eigenvalue weighted by molar-refractivity contribution is 9.10. The Hall–Kier alpha value is -2.28. The Morgan fingerprint density at radius 3 is 2.77 bits per heavy atom. The highest BCUT2D eigenvalue weighted by atomic mass is 79.9. The van der Waals surface area contributed by atoms with E-state index in [1.165, 1.54) is 18.0 Å². The molecule has 0 saturated carbocycles. The molecule has 0 N–H and O–H groups in total. The van der Waals surface area contributed by atoms with Crippen molar-refractivity contribution in [3.05, 3.63) is 58.3 Å². The van der Waals surface area contributed by atoms with Crippen molar-refractivity contribution in [3.63, 3.8) is 0 Å². The third-order valence-electron chi connectivity index (χ3n) is 3.11. The molecule has 0 radical (unpaired) electrons. The predicted octanol–water partition coefficient (Wildman–Crippen LogP) is 3.30. The normalized spacial score (nSPS) is 10.7. The van der Waals surface area contributed by atoms with Gasteiger partial charge in [-0.2, -0.15) is 4.80 Å². The van der Waals surface area contributed by atoms with Crippen LogP contribution in [0.4, 0.5) is 4.39 Å². The quantitative estimate of drug-likeness (QED) is 0.714. The maximum Gasteiger partial charge on any atom is 0.206 e. The number of ether oxygens (including phenoxy) is 1. The van der Waals surface area contributed by atoms with E-state index >= 15 is 0 Å². The van der Waals surface area contributed by atoms with Crippen LogP contribution >= 0.6 is 15.9 Å². The molecule has 2 aromatic carbocycles. The van der Waals surface area contributed by atoms with E-state index in [2.05, 4.69) is 31.3 Å². The summed E-state index contributed by atoms with van der Waals surface area (Å²) in [5.74, 6) is 0.316. The van der Waals surface area contributed by atoms with E-state index in [-0.39, 0.29) is 5.75 Å². The number of nitrogens with zero attached hydrogens (tertiary/aromatic N) is 4. The summed E-state index contributed by atoms with van der Waals surface area (Å²) in [6.45, 7) is 0.332. The van der Waals surface area contributed by atoms with Crippen LogP contribution in [0.2, 0.25) is 0 Å². The first-order valence-corrected chi connectivity index (χ1v) is 7.32. The Morgan fingerprint density at radius 2 is 2.05 bits per heavy atom. The number of hydrogen-bond acceptors (Lipinski definition) is 4. The van der Waals surface area contributed by atoms with Crippen LogP contribution in [0.25, 0.3) is 11.4 Å². The molecule has 22 heavy (non-hydrogen) atoms. The van der Waals surface area contributed by atoms with Crippen molar-refractivity contribution in [2.24, 2.45) is 0 Å². The van der Waals surface area contributed by atoms with Crippen molar-refractivity contribution in [1.82, 2.24) is 20.2 Å². The fourth-order valence-corrected chi connectivity index (χ4v) is 2.49. The van der Waals surface area contributed by atoms with Gasteiger partial charge in [-0.3, -0.25) is 0 Å². The highest BCUT2D eigenvalue weighted by Gasteiger charge is 2.10. The first kappa shape index (κ1) is 14.6. The summed E-state index contributed by atoms with van der Waals surface area (Å²) in [5.41, 5.74) is 1.59. The van der Waals surface area contributed by atoms with Gasteiger partial charge in [0, 0.05) is 10.0 Å². The molecule has 0 aliphatic rings. The Labute approximate surface area is 134 Å². The summed E-state index contributed by atoms with van der Waals surface area (Å²) in [4.78, 5) is 1.43. The van der Waals surface area contributed by atoms with Crippen LogP contribution in [-0.4, -0.2) is 27.3 Å². The average molecular weight is 363 g/mol. The molecule has 0 amide bonds. The van der Waals surface area contributed by atoms with E-state index in [4.69, 9.17) is 4.74 Å². The average Bonchev–Trinajstić information content (AvgIpc) is 2.96. The minimum atomic E-state index is -0.411. The van der Waals surface area contributed by atoms with Gasteiger partial charge in [-0.05, 0) is 35.0 Å². The monoisotopic (exact) mass is 362 g/mol. The molecule has 1 heterocycles. The Balaban J connectivity index is 1.83. The number of methoxy groups -OCH3 is 1. The molecule has 0 saturated heterocycles. The molecule has 0 fully saturated rings. The SMILES string of the molecule is COc1ccc(Cn2nnc(-c3ccccc3Br)n2)cc1F.